The number of halogens is 1. The Balaban J connectivity index is 1.64. The Kier molecular flexibility index (Phi) is 9.48. The van der Waals surface area contributed by atoms with Gasteiger partial charge in [0.2, 0.25) is 11.8 Å². The van der Waals surface area contributed by atoms with Crippen molar-refractivity contribution >= 4 is 23.4 Å². The Morgan fingerprint density at radius 2 is 1.50 bits per heavy atom. The van der Waals surface area contributed by atoms with Crippen LogP contribution in [0.1, 0.15) is 22.3 Å². The van der Waals surface area contributed by atoms with Gasteiger partial charge in [0, 0.05) is 36.9 Å². The molecule has 0 saturated carbocycles. The molecule has 0 aliphatic carbocycles. The highest BCUT2D eigenvalue weighted by molar-refractivity contribution is 6.30. The molecule has 1 heterocycles. The summed E-state index contributed by atoms with van der Waals surface area (Å²) in [6.07, 6.45) is 3.91. The summed E-state index contributed by atoms with van der Waals surface area (Å²) in [5.74, 6) is 0.357. The van der Waals surface area contributed by atoms with Crippen LogP contribution in [-0.2, 0) is 35.5 Å². The quantitative estimate of drug-likeness (QED) is 0.289. The minimum Gasteiger partial charge on any atom is -0.497 e. The number of nitrogens with zero attached hydrogens (tertiary/aromatic N) is 2. The second kappa shape index (κ2) is 13.4. The Labute approximate surface area is 228 Å². The lowest BCUT2D eigenvalue weighted by atomic mass is 10.0. The van der Waals surface area contributed by atoms with Crippen molar-refractivity contribution in [3.8, 4) is 5.75 Å². The van der Waals surface area contributed by atoms with Crippen molar-refractivity contribution in [2.75, 3.05) is 7.11 Å². The maximum atomic E-state index is 13.8. The van der Waals surface area contributed by atoms with Gasteiger partial charge in [-0.05, 0) is 58.7 Å². The van der Waals surface area contributed by atoms with Crippen LogP contribution < -0.4 is 10.1 Å². The summed E-state index contributed by atoms with van der Waals surface area (Å²) >= 11 is 6.05. The molecule has 0 radical (unpaired) electrons. The maximum Gasteiger partial charge on any atom is 0.243 e. The molecule has 7 heteroatoms. The number of hydrogen-bond acceptors (Lipinski definition) is 4. The fourth-order valence-electron chi connectivity index (χ4n) is 4.17. The van der Waals surface area contributed by atoms with E-state index in [1.807, 2.05) is 78.9 Å². The summed E-state index contributed by atoms with van der Waals surface area (Å²) in [6.45, 7) is 0.616. The molecule has 38 heavy (non-hydrogen) atoms. The fraction of sp³-hybridized carbons (Fsp3) is 0.194. The van der Waals surface area contributed by atoms with Gasteiger partial charge in [0.05, 0.1) is 13.5 Å². The number of carbonyl (C=O) groups is 2. The van der Waals surface area contributed by atoms with Crippen molar-refractivity contribution in [2.24, 2.45) is 0 Å². The molecule has 0 spiro atoms. The number of ether oxygens (including phenoxy) is 1. The van der Waals surface area contributed by atoms with E-state index in [4.69, 9.17) is 16.3 Å². The fourth-order valence-corrected chi connectivity index (χ4v) is 4.29. The summed E-state index contributed by atoms with van der Waals surface area (Å²) in [5.41, 5.74) is 3.63. The van der Waals surface area contributed by atoms with Gasteiger partial charge in [-0.2, -0.15) is 0 Å². The first-order valence-electron chi connectivity index (χ1n) is 12.4. The molecular weight excluding hydrogens is 498 g/mol. The third-order valence-corrected chi connectivity index (χ3v) is 6.52. The highest BCUT2D eigenvalue weighted by Crippen LogP contribution is 2.19. The number of hydrogen-bond donors (Lipinski definition) is 1. The second-order valence-electron chi connectivity index (χ2n) is 8.95. The van der Waals surface area contributed by atoms with Crippen molar-refractivity contribution < 1.29 is 14.3 Å². The van der Waals surface area contributed by atoms with Gasteiger partial charge in [0.25, 0.3) is 0 Å². The van der Waals surface area contributed by atoms with Crippen molar-refractivity contribution in [1.82, 2.24) is 15.2 Å². The average molecular weight is 528 g/mol. The van der Waals surface area contributed by atoms with E-state index in [1.54, 1.807) is 36.5 Å². The van der Waals surface area contributed by atoms with E-state index in [-0.39, 0.29) is 24.8 Å². The smallest absolute Gasteiger partial charge is 0.243 e. The summed E-state index contributed by atoms with van der Waals surface area (Å²) in [5, 5.41) is 3.64. The number of aromatic nitrogens is 1. The molecule has 1 atom stereocenters. The predicted octanol–water partition coefficient (Wildman–Crippen LogP) is 5.24. The third kappa shape index (κ3) is 7.67. The Morgan fingerprint density at radius 3 is 2.16 bits per heavy atom. The molecule has 4 aromatic rings. The summed E-state index contributed by atoms with van der Waals surface area (Å²) in [7, 11) is 1.61. The maximum absolute atomic E-state index is 13.8. The molecular formula is C31H30ClN3O3. The number of nitrogens with one attached hydrogen (secondary N) is 1. The molecule has 0 aliphatic rings. The Hall–Kier alpha value is -4.16. The van der Waals surface area contributed by atoms with Crippen LogP contribution in [0.15, 0.2) is 103 Å². The van der Waals surface area contributed by atoms with Gasteiger partial charge in [0.15, 0.2) is 0 Å². The molecule has 1 N–H and O–H groups in total. The lowest BCUT2D eigenvalue weighted by molar-refractivity contribution is -0.140. The van der Waals surface area contributed by atoms with E-state index in [0.717, 1.165) is 28.0 Å². The van der Waals surface area contributed by atoms with E-state index >= 15 is 0 Å². The highest BCUT2D eigenvalue weighted by atomic mass is 35.5. The zero-order valence-corrected chi connectivity index (χ0v) is 22.0. The van der Waals surface area contributed by atoms with Crippen LogP contribution in [0.2, 0.25) is 5.02 Å². The Bertz CT molecular complexity index is 1310. The molecule has 3 aromatic carbocycles. The van der Waals surface area contributed by atoms with Gasteiger partial charge in [-0.25, -0.2) is 0 Å². The SMILES string of the molecule is COc1ccc(CN(C(=O)Cc2ccc(Cl)cc2)C(Cc2ccccc2)C(=O)NCc2ccncc2)cc1. The van der Waals surface area contributed by atoms with Crippen LogP contribution in [0.25, 0.3) is 0 Å². The molecule has 0 bridgehead atoms. The van der Waals surface area contributed by atoms with Gasteiger partial charge in [-0.1, -0.05) is 66.2 Å². The number of rotatable bonds is 11. The zero-order valence-electron chi connectivity index (χ0n) is 21.2. The van der Waals surface area contributed by atoms with Crippen LogP contribution in [0, 0.1) is 0 Å². The average Bonchev–Trinajstić information content (AvgIpc) is 2.96. The molecule has 1 aromatic heterocycles. The van der Waals surface area contributed by atoms with Crippen molar-refractivity contribution in [2.45, 2.75) is 32.0 Å². The number of amides is 2. The minimum absolute atomic E-state index is 0.149. The molecule has 0 saturated heterocycles. The van der Waals surface area contributed by atoms with Gasteiger partial charge in [0.1, 0.15) is 11.8 Å². The molecule has 0 aliphatic heterocycles. The van der Waals surface area contributed by atoms with Crippen LogP contribution in [0.4, 0.5) is 0 Å². The number of methoxy groups -OCH3 is 1. The standard InChI is InChI=1S/C31H30ClN3O3/c1-38-28-13-9-26(10-14-28)22-35(30(36)20-24-7-11-27(32)12-8-24)29(19-23-5-3-2-4-6-23)31(37)34-21-25-15-17-33-18-16-25/h2-18,29H,19-22H2,1H3,(H,34,37). The summed E-state index contributed by atoms with van der Waals surface area (Å²) in [6, 6.07) is 27.5. The van der Waals surface area contributed by atoms with Crippen LogP contribution in [-0.4, -0.2) is 34.8 Å². The number of pyridine rings is 1. The van der Waals surface area contributed by atoms with Crippen LogP contribution in [0.3, 0.4) is 0 Å². The molecule has 194 valence electrons. The highest BCUT2D eigenvalue weighted by Gasteiger charge is 2.30. The van der Waals surface area contributed by atoms with E-state index in [2.05, 4.69) is 10.3 Å². The molecule has 2 amide bonds. The number of carbonyl (C=O) groups excluding carboxylic acids is 2. The van der Waals surface area contributed by atoms with E-state index in [0.29, 0.717) is 18.0 Å². The molecule has 1 unspecified atom stereocenters. The lowest BCUT2D eigenvalue weighted by Crippen LogP contribution is -2.50. The van der Waals surface area contributed by atoms with Gasteiger partial charge < -0.3 is 15.0 Å². The van der Waals surface area contributed by atoms with Crippen molar-refractivity contribution in [1.29, 1.82) is 0 Å². The minimum atomic E-state index is -0.721. The molecule has 0 fully saturated rings. The largest absolute Gasteiger partial charge is 0.497 e. The van der Waals surface area contributed by atoms with E-state index in [9.17, 15) is 9.59 Å². The van der Waals surface area contributed by atoms with E-state index < -0.39 is 6.04 Å². The van der Waals surface area contributed by atoms with Crippen molar-refractivity contribution in [3.63, 3.8) is 0 Å². The van der Waals surface area contributed by atoms with Gasteiger partial charge in [-0.15, -0.1) is 0 Å². The normalized spacial score (nSPS) is 11.4. The van der Waals surface area contributed by atoms with E-state index in [1.165, 1.54) is 0 Å². The third-order valence-electron chi connectivity index (χ3n) is 6.27. The lowest BCUT2D eigenvalue weighted by Gasteiger charge is -2.32. The van der Waals surface area contributed by atoms with Gasteiger partial charge >= 0.3 is 0 Å². The van der Waals surface area contributed by atoms with Crippen molar-refractivity contribution in [3.05, 3.63) is 131 Å². The molecule has 6 nitrogen and oxygen atoms in total. The number of benzene rings is 3. The van der Waals surface area contributed by atoms with Crippen LogP contribution in [0.5, 0.6) is 5.75 Å². The first-order chi connectivity index (χ1) is 18.5. The topological polar surface area (TPSA) is 71.5 Å². The first kappa shape index (κ1) is 26.9. The van der Waals surface area contributed by atoms with Crippen LogP contribution >= 0.6 is 11.6 Å². The molecule has 4 rings (SSSR count). The monoisotopic (exact) mass is 527 g/mol. The first-order valence-corrected chi connectivity index (χ1v) is 12.8. The summed E-state index contributed by atoms with van der Waals surface area (Å²) in [4.78, 5) is 33.2. The van der Waals surface area contributed by atoms with Gasteiger partial charge in [-0.3, -0.25) is 14.6 Å². The predicted molar refractivity (Wildman–Crippen MR) is 149 cm³/mol. The zero-order chi connectivity index (χ0) is 26.7. The Morgan fingerprint density at radius 1 is 0.842 bits per heavy atom. The summed E-state index contributed by atoms with van der Waals surface area (Å²) < 4.78 is 5.29. The second-order valence-corrected chi connectivity index (χ2v) is 9.39.